The fraction of sp³-hybridized carbons (Fsp3) is 0.259. The molecule has 6 heteroatoms. The molecule has 0 unspecified atom stereocenters. The van der Waals surface area contributed by atoms with Crippen molar-refractivity contribution in [1.29, 1.82) is 0 Å². The van der Waals surface area contributed by atoms with Gasteiger partial charge in [-0.1, -0.05) is 30.3 Å². The Morgan fingerprint density at radius 3 is 2.42 bits per heavy atom. The van der Waals surface area contributed by atoms with Crippen molar-refractivity contribution < 1.29 is 9.53 Å². The summed E-state index contributed by atoms with van der Waals surface area (Å²) in [5, 5.41) is 6.09. The van der Waals surface area contributed by atoms with E-state index in [2.05, 4.69) is 34.6 Å². The van der Waals surface area contributed by atoms with E-state index < -0.39 is 0 Å². The summed E-state index contributed by atoms with van der Waals surface area (Å²) in [6.45, 7) is 3.85. The average molecular weight is 460 g/mol. The fourth-order valence-corrected chi connectivity index (χ4v) is 4.21. The molecule has 0 aromatic heterocycles. The number of carbonyl (C=O) groups excluding carboxylic acids is 1. The number of carbonyl (C=O) groups is 1. The topological polar surface area (TPSA) is 53.6 Å². The fourth-order valence-electron chi connectivity index (χ4n) is 4.00. The number of benzene rings is 3. The third-order valence-corrected chi connectivity index (χ3v) is 6.06. The van der Waals surface area contributed by atoms with Crippen molar-refractivity contribution >= 4 is 34.6 Å². The Labute approximate surface area is 200 Å². The molecule has 0 bridgehead atoms. The Balaban J connectivity index is 1.27. The maximum absolute atomic E-state index is 12.5. The molecule has 33 heavy (non-hydrogen) atoms. The normalized spacial score (nSPS) is 15.5. The molecule has 170 valence electrons. The number of hydrogen-bond donors (Lipinski definition) is 2. The molecule has 1 amide bonds. The van der Waals surface area contributed by atoms with E-state index in [1.54, 1.807) is 24.3 Å². The number of amides is 1. The van der Waals surface area contributed by atoms with Crippen molar-refractivity contribution in [2.24, 2.45) is 0 Å². The zero-order valence-electron chi connectivity index (χ0n) is 18.8. The highest BCUT2D eigenvalue weighted by Crippen LogP contribution is 2.25. The van der Waals surface area contributed by atoms with Crippen LogP contribution in [-0.2, 0) is 6.61 Å². The van der Waals surface area contributed by atoms with Gasteiger partial charge in [-0.3, -0.25) is 10.1 Å². The third kappa shape index (κ3) is 6.33. The van der Waals surface area contributed by atoms with Crippen molar-refractivity contribution in [2.45, 2.75) is 38.8 Å². The summed E-state index contributed by atoms with van der Waals surface area (Å²) in [6, 6.07) is 25.7. The van der Waals surface area contributed by atoms with Gasteiger partial charge in [-0.15, -0.1) is 0 Å². The molecule has 0 aliphatic carbocycles. The van der Waals surface area contributed by atoms with E-state index in [9.17, 15) is 4.79 Å². The molecule has 1 aliphatic rings. The lowest BCUT2D eigenvalue weighted by Gasteiger charge is -2.35. The number of nitrogens with one attached hydrogen (secondary N) is 2. The van der Waals surface area contributed by atoms with E-state index in [0.717, 1.165) is 17.8 Å². The molecule has 1 fully saturated rings. The van der Waals surface area contributed by atoms with E-state index >= 15 is 0 Å². The highest BCUT2D eigenvalue weighted by atomic mass is 32.1. The highest BCUT2D eigenvalue weighted by molar-refractivity contribution is 7.80. The minimum Gasteiger partial charge on any atom is -0.489 e. The first-order chi connectivity index (χ1) is 16.1. The molecular formula is C27H29N3O2S. The molecule has 3 aromatic rings. The van der Waals surface area contributed by atoms with Gasteiger partial charge >= 0.3 is 0 Å². The largest absolute Gasteiger partial charge is 0.489 e. The van der Waals surface area contributed by atoms with Crippen LogP contribution >= 0.6 is 12.2 Å². The monoisotopic (exact) mass is 459 g/mol. The number of anilines is 2. The van der Waals surface area contributed by atoms with Crippen LogP contribution in [0.25, 0.3) is 0 Å². The molecule has 0 spiro atoms. The molecule has 3 aromatic carbocycles. The van der Waals surface area contributed by atoms with Crippen LogP contribution in [0.4, 0.5) is 11.4 Å². The van der Waals surface area contributed by atoms with Crippen LogP contribution in [0, 0.1) is 0 Å². The summed E-state index contributed by atoms with van der Waals surface area (Å²) in [4.78, 5) is 15.0. The van der Waals surface area contributed by atoms with Crippen molar-refractivity contribution in [2.75, 3.05) is 16.8 Å². The summed E-state index contributed by atoms with van der Waals surface area (Å²) in [7, 11) is 0. The molecule has 5 nitrogen and oxygen atoms in total. The van der Waals surface area contributed by atoms with Crippen molar-refractivity contribution in [3.63, 3.8) is 0 Å². The summed E-state index contributed by atoms with van der Waals surface area (Å²) < 4.78 is 5.77. The second-order valence-electron chi connectivity index (χ2n) is 8.29. The van der Waals surface area contributed by atoms with Crippen molar-refractivity contribution in [1.82, 2.24) is 5.32 Å². The molecule has 1 aliphatic heterocycles. The van der Waals surface area contributed by atoms with Crippen LogP contribution in [0.1, 0.15) is 42.1 Å². The first kappa shape index (κ1) is 22.8. The predicted molar refractivity (Wildman–Crippen MR) is 138 cm³/mol. The first-order valence-corrected chi connectivity index (χ1v) is 11.7. The Morgan fingerprint density at radius 2 is 1.73 bits per heavy atom. The molecule has 0 saturated carbocycles. The second-order valence-corrected chi connectivity index (χ2v) is 8.70. The van der Waals surface area contributed by atoms with E-state index in [1.807, 2.05) is 42.5 Å². The van der Waals surface area contributed by atoms with Gasteiger partial charge in [0.15, 0.2) is 5.11 Å². The molecule has 1 saturated heterocycles. The van der Waals surface area contributed by atoms with Gasteiger partial charge in [0, 0.05) is 29.5 Å². The Bertz CT molecular complexity index is 1070. The SMILES string of the molecule is C[C@@H]1CCCCN1c1ccc(NC(=S)NC(=O)c2ccc(OCc3ccccc3)cc2)cc1. The van der Waals surface area contributed by atoms with Crippen molar-refractivity contribution in [3.05, 3.63) is 90.0 Å². The van der Waals surface area contributed by atoms with Gasteiger partial charge in [0.05, 0.1) is 0 Å². The van der Waals surface area contributed by atoms with E-state index in [4.69, 9.17) is 17.0 Å². The quantitative estimate of drug-likeness (QED) is 0.458. The average Bonchev–Trinajstić information content (AvgIpc) is 2.84. The second kappa shape index (κ2) is 11.0. The van der Waals surface area contributed by atoms with Gasteiger partial charge in [0.25, 0.3) is 5.91 Å². The molecule has 1 atom stereocenters. The van der Waals surface area contributed by atoms with Crippen LogP contribution in [0.5, 0.6) is 5.75 Å². The summed E-state index contributed by atoms with van der Waals surface area (Å²) in [5.41, 5.74) is 3.67. The van der Waals surface area contributed by atoms with Crippen LogP contribution in [0.15, 0.2) is 78.9 Å². The molecule has 0 radical (unpaired) electrons. The Hall–Kier alpha value is -3.38. The smallest absolute Gasteiger partial charge is 0.257 e. The third-order valence-electron chi connectivity index (χ3n) is 5.85. The number of rotatable bonds is 6. The molecule has 4 rings (SSSR count). The van der Waals surface area contributed by atoms with E-state index in [1.165, 1.54) is 24.9 Å². The van der Waals surface area contributed by atoms with Crippen LogP contribution in [0.2, 0.25) is 0 Å². The lowest BCUT2D eigenvalue weighted by atomic mass is 10.0. The Kier molecular flexibility index (Phi) is 7.58. The van der Waals surface area contributed by atoms with Gasteiger partial charge in [-0.25, -0.2) is 0 Å². The Morgan fingerprint density at radius 1 is 1.00 bits per heavy atom. The zero-order chi connectivity index (χ0) is 23.0. The molecular weight excluding hydrogens is 430 g/mol. The van der Waals surface area contributed by atoms with Crippen LogP contribution < -0.4 is 20.3 Å². The number of thiocarbonyl (C=S) groups is 1. The van der Waals surface area contributed by atoms with E-state index in [0.29, 0.717) is 24.0 Å². The molecule has 2 N–H and O–H groups in total. The van der Waals surface area contributed by atoms with Crippen molar-refractivity contribution in [3.8, 4) is 5.75 Å². The predicted octanol–water partition coefficient (Wildman–Crippen LogP) is 5.77. The van der Waals surface area contributed by atoms with Crippen LogP contribution in [0.3, 0.4) is 0 Å². The zero-order valence-corrected chi connectivity index (χ0v) is 19.6. The molecule has 1 heterocycles. The lowest BCUT2D eigenvalue weighted by Crippen LogP contribution is -2.37. The maximum Gasteiger partial charge on any atom is 0.257 e. The highest BCUT2D eigenvalue weighted by Gasteiger charge is 2.18. The van der Waals surface area contributed by atoms with Gasteiger partial charge in [0.2, 0.25) is 0 Å². The van der Waals surface area contributed by atoms with Gasteiger partial charge in [-0.05, 0) is 92.5 Å². The van der Waals surface area contributed by atoms with Crippen LogP contribution in [-0.4, -0.2) is 23.6 Å². The van der Waals surface area contributed by atoms with Gasteiger partial charge in [-0.2, -0.15) is 0 Å². The summed E-state index contributed by atoms with van der Waals surface area (Å²) in [6.07, 6.45) is 3.77. The number of piperidine rings is 1. The van der Waals surface area contributed by atoms with Gasteiger partial charge in [0.1, 0.15) is 12.4 Å². The first-order valence-electron chi connectivity index (χ1n) is 11.3. The maximum atomic E-state index is 12.5. The minimum absolute atomic E-state index is 0.263. The summed E-state index contributed by atoms with van der Waals surface area (Å²) >= 11 is 5.33. The summed E-state index contributed by atoms with van der Waals surface area (Å²) in [5.74, 6) is 0.445. The number of nitrogens with zero attached hydrogens (tertiary/aromatic N) is 1. The standard InChI is InChI=1S/C27H29N3O2S/c1-20-7-5-6-18-30(20)24-14-12-23(13-15-24)28-27(33)29-26(31)22-10-16-25(17-11-22)32-19-21-8-3-2-4-9-21/h2-4,8-17,20H,5-7,18-19H2,1H3,(H2,28,29,31,33)/t20-/m1/s1. The number of ether oxygens (including phenoxy) is 1. The number of hydrogen-bond acceptors (Lipinski definition) is 4. The van der Waals surface area contributed by atoms with E-state index in [-0.39, 0.29) is 11.0 Å². The lowest BCUT2D eigenvalue weighted by molar-refractivity contribution is 0.0977. The van der Waals surface area contributed by atoms with Gasteiger partial charge < -0.3 is 15.0 Å². The minimum atomic E-state index is -0.263.